The molecule has 3 heterocycles. The minimum atomic E-state index is -0.114. The van der Waals surface area contributed by atoms with Crippen LogP contribution in [-0.2, 0) is 15.6 Å². The molecule has 1 aromatic heterocycles. The highest BCUT2D eigenvalue weighted by Gasteiger charge is 2.39. The van der Waals surface area contributed by atoms with Gasteiger partial charge in [0.25, 0.3) is 0 Å². The lowest BCUT2D eigenvalue weighted by Gasteiger charge is -2.33. The normalized spacial score (nSPS) is 19.9. The monoisotopic (exact) mass is 517 g/mol. The zero-order chi connectivity index (χ0) is 25.8. The van der Waals surface area contributed by atoms with Crippen LogP contribution in [0.15, 0.2) is 65.6 Å². The maximum absolute atomic E-state index is 12.7. The number of aromatic nitrogens is 1. The van der Waals surface area contributed by atoms with Crippen LogP contribution in [0.1, 0.15) is 41.6 Å². The third kappa shape index (κ3) is 6.28. The molecular formula is C30H35N3O3S. The van der Waals surface area contributed by atoms with E-state index in [1.807, 2.05) is 13.0 Å². The Kier molecular flexibility index (Phi) is 8.01. The highest BCUT2D eigenvalue weighted by Crippen LogP contribution is 2.35. The van der Waals surface area contributed by atoms with Crippen molar-refractivity contribution in [2.45, 2.75) is 44.6 Å². The number of amides is 1. The smallest absolute Gasteiger partial charge is 0.224 e. The number of rotatable bonds is 10. The highest BCUT2D eigenvalue weighted by atomic mass is 32.2. The Labute approximate surface area is 224 Å². The van der Waals surface area contributed by atoms with Crippen molar-refractivity contribution < 1.29 is 13.7 Å². The zero-order valence-corrected chi connectivity index (χ0v) is 22.6. The van der Waals surface area contributed by atoms with Crippen molar-refractivity contribution in [1.29, 1.82) is 0 Å². The Balaban J connectivity index is 1.16. The molecular weight excluding hydrogens is 482 g/mol. The van der Waals surface area contributed by atoms with E-state index in [1.54, 1.807) is 0 Å². The lowest BCUT2D eigenvalue weighted by molar-refractivity contribution is -0.123. The topological polar surface area (TPSA) is 63.7 Å². The summed E-state index contributed by atoms with van der Waals surface area (Å²) in [6.07, 6.45) is 1.24. The summed E-state index contributed by atoms with van der Waals surface area (Å²) in [5.74, 6) is 0.882. The number of nitrogens with zero attached hydrogens (tertiary/aromatic N) is 2. The fourth-order valence-electron chi connectivity index (χ4n) is 5.01. The van der Waals surface area contributed by atoms with Gasteiger partial charge < -0.3 is 19.1 Å². The fraction of sp³-hybridized carbons (Fsp3) is 0.400. The summed E-state index contributed by atoms with van der Waals surface area (Å²) in [6.45, 7) is 10.0. The summed E-state index contributed by atoms with van der Waals surface area (Å²) < 4.78 is 12.0. The van der Waals surface area contributed by atoms with Crippen molar-refractivity contribution in [3.8, 4) is 5.88 Å². The molecule has 2 aromatic carbocycles. The number of nitrogens with one attached hydrogen (secondary N) is 1. The molecule has 2 saturated heterocycles. The molecule has 6 nitrogen and oxygen atoms in total. The van der Waals surface area contributed by atoms with Gasteiger partial charge in [-0.3, -0.25) is 4.79 Å². The summed E-state index contributed by atoms with van der Waals surface area (Å²) in [5, 5.41) is 3.04. The van der Waals surface area contributed by atoms with Crippen LogP contribution in [0.25, 0.3) is 0 Å². The van der Waals surface area contributed by atoms with E-state index < -0.39 is 0 Å². The first-order valence-corrected chi connectivity index (χ1v) is 13.8. The van der Waals surface area contributed by atoms with Crippen LogP contribution in [0.4, 0.5) is 5.69 Å². The van der Waals surface area contributed by atoms with E-state index in [1.165, 1.54) is 29.7 Å². The number of benzene rings is 2. The molecule has 3 atom stereocenters. The van der Waals surface area contributed by atoms with Crippen LogP contribution in [-0.4, -0.2) is 37.1 Å². The molecule has 3 aromatic rings. The molecule has 2 aliphatic heterocycles. The van der Waals surface area contributed by atoms with Crippen molar-refractivity contribution in [1.82, 2.24) is 10.3 Å². The van der Waals surface area contributed by atoms with Crippen LogP contribution >= 0.6 is 12.0 Å². The van der Waals surface area contributed by atoms with E-state index in [0.29, 0.717) is 25.6 Å². The Bertz CT molecular complexity index is 1210. The van der Waals surface area contributed by atoms with Crippen LogP contribution in [0.5, 0.6) is 5.88 Å². The summed E-state index contributed by atoms with van der Waals surface area (Å²) in [5.41, 5.74) is 5.60. The lowest BCUT2D eigenvalue weighted by Crippen LogP contribution is -2.37. The molecule has 0 aliphatic carbocycles. The third-order valence-electron chi connectivity index (χ3n) is 7.37. The number of pyridine rings is 1. The molecule has 194 valence electrons. The number of hydrogen-bond acceptors (Lipinski definition) is 6. The van der Waals surface area contributed by atoms with Crippen molar-refractivity contribution in [3.63, 3.8) is 0 Å². The summed E-state index contributed by atoms with van der Waals surface area (Å²) >= 11 is 1.38. The van der Waals surface area contributed by atoms with Gasteiger partial charge in [0, 0.05) is 59.9 Å². The largest absolute Gasteiger partial charge is 0.473 e. The predicted molar refractivity (Wildman–Crippen MR) is 148 cm³/mol. The van der Waals surface area contributed by atoms with E-state index >= 15 is 0 Å². The Hall–Kier alpha value is -3.03. The molecule has 1 amide bonds. The van der Waals surface area contributed by atoms with Gasteiger partial charge in [0.2, 0.25) is 11.8 Å². The molecule has 0 bridgehead atoms. The van der Waals surface area contributed by atoms with Crippen molar-refractivity contribution >= 4 is 23.6 Å². The van der Waals surface area contributed by atoms with Crippen molar-refractivity contribution in [2.24, 2.45) is 11.8 Å². The number of carbonyl (C=O) groups is 1. The van der Waals surface area contributed by atoms with Crippen molar-refractivity contribution in [3.05, 3.63) is 83.0 Å². The Morgan fingerprint density at radius 3 is 2.54 bits per heavy atom. The predicted octanol–water partition coefficient (Wildman–Crippen LogP) is 5.68. The van der Waals surface area contributed by atoms with Gasteiger partial charge >= 0.3 is 0 Å². The van der Waals surface area contributed by atoms with E-state index in [-0.39, 0.29) is 23.7 Å². The Morgan fingerprint density at radius 1 is 1.08 bits per heavy atom. The molecule has 7 heteroatoms. The minimum Gasteiger partial charge on any atom is -0.473 e. The first-order chi connectivity index (χ1) is 18.0. The summed E-state index contributed by atoms with van der Waals surface area (Å²) in [7, 11) is 0. The molecule has 37 heavy (non-hydrogen) atoms. The number of aryl methyl sites for hydroxylation is 2. The molecule has 5 rings (SSSR count). The molecule has 1 N–H and O–H groups in total. The van der Waals surface area contributed by atoms with Gasteiger partial charge in [-0.25, -0.2) is 4.98 Å². The van der Waals surface area contributed by atoms with Gasteiger partial charge in [0.15, 0.2) is 0 Å². The van der Waals surface area contributed by atoms with E-state index in [4.69, 9.17) is 8.92 Å². The fourth-order valence-corrected chi connectivity index (χ4v) is 5.63. The van der Waals surface area contributed by atoms with Gasteiger partial charge in [0.1, 0.15) is 6.61 Å². The maximum atomic E-state index is 12.7. The first kappa shape index (κ1) is 25.6. The molecule has 0 spiro atoms. The van der Waals surface area contributed by atoms with E-state index in [9.17, 15) is 4.79 Å². The molecule has 2 unspecified atom stereocenters. The molecule has 2 fully saturated rings. The van der Waals surface area contributed by atoms with Gasteiger partial charge in [-0.15, -0.1) is 0 Å². The molecule has 2 aliphatic rings. The average Bonchev–Trinajstić information content (AvgIpc) is 3.22. The minimum absolute atomic E-state index is 0.0907. The number of ether oxygens (including phenoxy) is 1. The van der Waals surface area contributed by atoms with E-state index in [2.05, 4.69) is 83.6 Å². The standard InChI is InChI=1S/C30H35N3O3S/c1-20-5-11-27(12-6-20)37-36-19-25-17-31-30(34)29(25)22(3)24-9-7-23(8-10-24)18-35-28-16-26(15-21(2)32-28)33-13-4-14-33/h5-12,15-16,22,25,29H,4,13-14,17-19H2,1-3H3,(H,31,34)/t22?,25-,29?/m1/s1. The third-order valence-corrected chi connectivity index (χ3v) is 8.09. The second-order valence-corrected chi connectivity index (χ2v) is 11.1. The molecule has 0 radical (unpaired) electrons. The Morgan fingerprint density at radius 2 is 1.84 bits per heavy atom. The second kappa shape index (κ2) is 11.6. The number of anilines is 1. The van der Waals surface area contributed by atoms with Crippen LogP contribution in [0.2, 0.25) is 0 Å². The van der Waals surface area contributed by atoms with Gasteiger partial charge in [-0.05, 0) is 55.5 Å². The second-order valence-electron chi connectivity index (χ2n) is 10.2. The first-order valence-electron chi connectivity index (χ1n) is 13.1. The summed E-state index contributed by atoms with van der Waals surface area (Å²) in [6, 6.07) is 20.8. The lowest BCUT2D eigenvalue weighted by atomic mass is 9.80. The number of hydrogen-bond donors (Lipinski definition) is 1. The average molecular weight is 518 g/mol. The summed E-state index contributed by atoms with van der Waals surface area (Å²) in [4.78, 5) is 20.7. The number of carbonyl (C=O) groups excluding carboxylic acids is 1. The molecule has 0 saturated carbocycles. The van der Waals surface area contributed by atoms with Crippen LogP contribution in [0.3, 0.4) is 0 Å². The van der Waals surface area contributed by atoms with E-state index in [0.717, 1.165) is 34.8 Å². The SMILES string of the molecule is Cc1ccc(SOC[C@H]2CNC(=O)C2C(C)c2ccc(COc3cc(N4CCC4)cc(C)n3)cc2)cc1. The van der Waals surface area contributed by atoms with Crippen LogP contribution in [0, 0.1) is 25.7 Å². The quantitative estimate of drug-likeness (QED) is 0.349. The highest BCUT2D eigenvalue weighted by molar-refractivity contribution is 7.94. The maximum Gasteiger partial charge on any atom is 0.224 e. The van der Waals surface area contributed by atoms with Gasteiger partial charge in [-0.1, -0.05) is 48.9 Å². The van der Waals surface area contributed by atoms with Crippen molar-refractivity contribution in [2.75, 3.05) is 31.1 Å². The van der Waals surface area contributed by atoms with Crippen LogP contribution < -0.4 is 15.0 Å². The van der Waals surface area contributed by atoms with Gasteiger partial charge in [-0.2, -0.15) is 0 Å². The zero-order valence-electron chi connectivity index (χ0n) is 21.8. The van der Waals surface area contributed by atoms with Gasteiger partial charge in [0.05, 0.1) is 12.5 Å².